The number of carbonyl (C=O) groups is 1. The summed E-state index contributed by atoms with van der Waals surface area (Å²) in [5.41, 5.74) is 1.66. The highest BCUT2D eigenvalue weighted by atomic mass is 32.1. The molecule has 0 saturated carbocycles. The third-order valence-electron chi connectivity index (χ3n) is 4.66. The molecule has 0 fully saturated rings. The van der Waals surface area contributed by atoms with Gasteiger partial charge in [-0.2, -0.15) is 5.10 Å². The molecule has 0 radical (unpaired) electrons. The Kier molecular flexibility index (Phi) is 4.81. The van der Waals surface area contributed by atoms with Gasteiger partial charge in [0.15, 0.2) is 6.61 Å². The number of ether oxygens (including phenoxy) is 1. The molecule has 0 spiro atoms. The van der Waals surface area contributed by atoms with Gasteiger partial charge in [0.25, 0.3) is 5.91 Å². The van der Waals surface area contributed by atoms with E-state index in [1.54, 1.807) is 29.7 Å². The first kappa shape index (κ1) is 18.3. The Labute approximate surface area is 175 Å². The summed E-state index contributed by atoms with van der Waals surface area (Å²) in [6, 6.07) is 14.5. The number of amides is 1. The van der Waals surface area contributed by atoms with Gasteiger partial charge in [0.05, 0.1) is 22.5 Å². The number of hydrogen-bond acceptors (Lipinski definition) is 8. The van der Waals surface area contributed by atoms with Crippen molar-refractivity contribution >= 4 is 23.0 Å². The lowest BCUT2D eigenvalue weighted by atomic mass is 10.1. The largest absolute Gasteiger partial charge is 0.484 e. The maximum Gasteiger partial charge on any atom is 0.281 e. The van der Waals surface area contributed by atoms with Crippen LogP contribution in [0, 0.1) is 0 Å². The molecule has 1 unspecified atom stereocenters. The quantitative estimate of drug-likeness (QED) is 0.475. The van der Waals surface area contributed by atoms with Gasteiger partial charge in [-0.3, -0.25) is 4.79 Å². The first-order chi connectivity index (χ1) is 14.8. The molecule has 1 atom stereocenters. The smallest absolute Gasteiger partial charge is 0.281 e. The number of hydrazone groups is 1. The molecule has 4 aromatic rings. The second-order valence-corrected chi connectivity index (χ2v) is 7.48. The maximum absolute atomic E-state index is 12.9. The number of furan rings is 1. The van der Waals surface area contributed by atoms with Crippen LogP contribution in [-0.2, 0) is 4.79 Å². The van der Waals surface area contributed by atoms with Gasteiger partial charge >= 0.3 is 0 Å². The Morgan fingerprint density at radius 1 is 1.20 bits per heavy atom. The van der Waals surface area contributed by atoms with Gasteiger partial charge in [0.1, 0.15) is 23.9 Å². The highest BCUT2D eigenvalue weighted by molar-refractivity contribution is 7.12. The molecule has 3 aromatic heterocycles. The normalized spacial score (nSPS) is 15.9. The van der Waals surface area contributed by atoms with Crippen molar-refractivity contribution in [3.8, 4) is 11.4 Å². The molecular weight excluding hydrogens is 404 g/mol. The Balaban J connectivity index is 1.30. The van der Waals surface area contributed by atoms with Crippen LogP contribution in [0.1, 0.15) is 23.1 Å². The van der Waals surface area contributed by atoms with Crippen molar-refractivity contribution in [3.63, 3.8) is 0 Å². The zero-order chi connectivity index (χ0) is 20.3. The van der Waals surface area contributed by atoms with Crippen LogP contribution in [0.2, 0.25) is 0 Å². The second kappa shape index (κ2) is 7.91. The van der Waals surface area contributed by atoms with E-state index in [9.17, 15) is 4.79 Å². The van der Waals surface area contributed by atoms with Crippen molar-refractivity contribution in [2.45, 2.75) is 12.5 Å². The summed E-state index contributed by atoms with van der Waals surface area (Å²) in [7, 11) is 0. The van der Waals surface area contributed by atoms with E-state index in [-0.39, 0.29) is 18.6 Å². The molecule has 0 bridgehead atoms. The summed E-state index contributed by atoms with van der Waals surface area (Å²) in [4.78, 5) is 14.0. The summed E-state index contributed by atoms with van der Waals surface area (Å²) < 4.78 is 12.8. The fraction of sp³-hybridized carbons (Fsp3) is 0.150. The van der Waals surface area contributed by atoms with Gasteiger partial charge in [-0.15, -0.1) is 16.4 Å². The second-order valence-electron chi connectivity index (χ2n) is 6.53. The van der Waals surface area contributed by atoms with Crippen LogP contribution < -0.4 is 4.74 Å². The van der Waals surface area contributed by atoms with E-state index in [0.717, 1.165) is 16.3 Å². The molecule has 0 saturated heterocycles. The molecule has 1 aliphatic rings. The Hall–Kier alpha value is -3.79. The van der Waals surface area contributed by atoms with Crippen LogP contribution in [-0.4, -0.2) is 43.4 Å². The summed E-state index contributed by atoms with van der Waals surface area (Å²) in [6.07, 6.45) is 3.70. The fourth-order valence-electron chi connectivity index (χ4n) is 3.22. The van der Waals surface area contributed by atoms with Gasteiger partial charge in [-0.1, -0.05) is 6.07 Å². The zero-order valence-corrected chi connectivity index (χ0v) is 16.5. The van der Waals surface area contributed by atoms with Crippen LogP contribution in [0.3, 0.4) is 0 Å². The molecule has 4 heterocycles. The number of thiophene rings is 1. The standard InChI is InChI=1S/C20H16N6O3S/c27-20(12-29-15-7-5-14(6-8-15)25-13-21-23-24-25)26-17(18-3-1-9-28-18)11-16(22-26)19-4-2-10-30-19/h1-10,13,17H,11-12H2. The first-order valence-electron chi connectivity index (χ1n) is 9.21. The SMILES string of the molecule is O=C(COc1ccc(-n2cnnn2)cc1)N1N=C(c2cccs2)CC1c1ccco1. The van der Waals surface area contributed by atoms with Crippen LogP contribution in [0.15, 0.2) is 76.0 Å². The van der Waals surface area contributed by atoms with Crippen LogP contribution in [0.25, 0.3) is 5.69 Å². The van der Waals surface area contributed by atoms with Crippen molar-refractivity contribution < 1.29 is 13.9 Å². The number of carbonyl (C=O) groups excluding carboxylic acids is 1. The summed E-state index contributed by atoms with van der Waals surface area (Å²) in [5, 5.41) is 19.1. The molecule has 30 heavy (non-hydrogen) atoms. The number of aromatic nitrogens is 4. The highest BCUT2D eigenvalue weighted by Gasteiger charge is 2.35. The fourth-order valence-corrected chi connectivity index (χ4v) is 3.94. The minimum atomic E-state index is -0.282. The molecule has 0 N–H and O–H groups in total. The molecule has 0 aliphatic carbocycles. The van der Waals surface area contributed by atoms with E-state index in [0.29, 0.717) is 17.9 Å². The lowest BCUT2D eigenvalue weighted by Crippen LogP contribution is -2.31. The van der Waals surface area contributed by atoms with Crippen molar-refractivity contribution in [1.29, 1.82) is 0 Å². The highest BCUT2D eigenvalue weighted by Crippen LogP contribution is 2.34. The van der Waals surface area contributed by atoms with Crippen LogP contribution in [0.4, 0.5) is 0 Å². The Morgan fingerprint density at radius 3 is 2.80 bits per heavy atom. The molecule has 1 amide bonds. The third kappa shape index (κ3) is 3.60. The molecule has 9 nitrogen and oxygen atoms in total. The Morgan fingerprint density at radius 2 is 2.10 bits per heavy atom. The summed E-state index contributed by atoms with van der Waals surface area (Å²) >= 11 is 1.60. The minimum Gasteiger partial charge on any atom is -0.484 e. The molecular formula is C20H16N6O3S. The van der Waals surface area contributed by atoms with E-state index >= 15 is 0 Å². The third-order valence-corrected chi connectivity index (χ3v) is 5.57. The number of hydrogen-bond donors (Lipinski definition) is 0. The lowest BCUT2D eigenvalue weighted by Gasteiger charge is -2.20. The molecule has 10 heteroatoms. The Bertz CT molecular complexity index is 1140. The lowest BCUT2D eigenvalue weighted by molar-refractivity contribution is -0.135. The van der Waals surface area contributed by atoms with E-state index < -0.39 is 0 Å². The van der Waals surface area contributed by atoms with E-state index in [1.165, 1.54) is 16.0 Å². The van der Waals surface area contributed by atoms with Crippen LogP contribution in [0.5, 0.6) is 5.75 Å². The average molecular weight is 420 g/mol. The molecule has 1 aromatic carbocycles. The first-order valence-corrected chi connectivity index (χ1v) is 10.1. The van der Waals surface area contributed by atoms with Gasteiger partial charge in [0.2, 0.25) is 0 Å². The number of benzene rings is 1. The van der Waals surface area contributed by atoms with Gasteiger partial charge < -0.3 is 9.15 Å². The minimum absolute atomic E-state index is 0.136. The van der Waals surface area contributed by atoms with Crippen molar-refractivity contribution in [2.75, 3.05) is 6.61 Å². The van der Waals surface area contributed by atoms with Crippen molar-refractivity contribution in [1.82, 2.24) is 25.2 Å². The van der Waals surface area contributed by atoms with Crippen molar-refractivity contribution in [2.24, 2.45) is 5.10 Å². The van der Waals surface area contributed by atoms with Crippen molar-refractivity contribution in [3.05, 3.63) is 77.1 Å². The van der Waals surface area contributed by atoms with E-state index in [1.807, 2.05) is 41.8 Å². The topological polar surface area (TPSA) is 98.6 Å². The number of nitrogens with zero attached hydrogens (tertiary/aromatic N) is 6. The number of rotatable bonds is 6. The van der Waals surface area contributed by atoms with E-state index in [4.69, 9.17) is 9.15 Å². The predicted octanol–water partition coefficient (Wildman–Crippen LogP) is 3.07. The van der Waals surface area contributed by atoms with Gasteiger partial charge in [-0.25, -0.2) is 9.69 Å². The zero-order valence-electron chi connectivity index (χ0n) is 15.7. The monoisotopic (exact) mass is 420 g/mol. The van der Waals surface area contributed by atoms with E-state index in [2.05, 4.69) is 20.6 Å². The van der Waals surface area contributed by atoms with Crippen LogP contribution >= 0.6 is 11.3 Å². The molecule has 150 valence electrons. The predicted molar refractivity (Wildman–Crippen MR) is 108 cm³/mol. The summed E-state index contributed by atoms with van der Waals surface area (Å²) in [6.45, 7) is -0.136. The number of tetrazole rings is 1. The average Bonchev–Trinajstić information content (AvgIpc) is 3.58. The van der Waals surface area contributed by atoms with Gasteiger partial charge in [0, 0.05) is 6.42 Å². The summed E-state index contributed by atoms with van der Waals surface area (Å²) in [5.74, 6) is 1.02. The van der Waals surface area contributed by atoms with Gasteiger partial charge in [-0.05, 0) is 58.3 Å². The maximum atomic E-state index is 12.9. The molecule has 1 aliphatic heterocycles. The molecule has 5 rings (SSSR count).